The van der Waals surface area contributed by atoms with E-state index in [0.29, 0.717) is 41.7 Å². The second kappa shape index (κ2) is 8.08. The first-order valence-corrected chi connectivity index (χ1v) is 11.6. The lowest BCUT2D eigenvalue weighted by molar-refractivity contribution is 0.0953. The molecule has 0 unspecified atom stereocenters. The first-order chi connectivity index (χ1) is 16.2. The van der Waals surface area contributed by atoms with Gasteiger partial charge >= 0.3 is 0 Å². The molecule has 1 aliphatic heterocycles. The van der Waals surface area contributed by atoms with Crippen molar-refractivity contribution in [2.75, 3.05) is 6.61 Å². The Bertz CT molecular complexity index is 1530. The van der Waals surface area contributed by atoms with Gasteiger partial charge < -0.3 is 9.30 Å². The quantitative estimate of drug-likeness (QED) is 0.412. The Hall–Kier alpha value is -3.58. The number of hydrogen-bond acceptors (Lipinski definition) is 5. The van der Waals surface area contributed by atoms with Crippen LogP contribution in [0.15, 0.2) is 59.4 Å². The predicted molar refractivity (Wildman–Crippen MR) is 128 cm³/mol. The van der Waals surface area contributed by atoms with Crippen LogP contribution in [0.25, 0.3) is 33.2 Å². The molecule has 0 saturated carbocycles. The largest absolute Gasteiger partial charge is 0.376 e. The highest BCUT2D eigenvalue weighted by Gasteiger charge is 2.24. The van der Waals surface area contributed by atoms with Crippen LogP contribution < -0.4 is 5.56 Å². The number of hydrogen-bond donors (Lipinski definition) is 0. The summed E-state index contributed by atoms with van der Waals surface area (Å²) in [4.78, 5) is 28.7. The standard InChI is InChI=1S/C26H25N5O2/c1-2-21-29-24-22(26(32)30(21)16-18-11-8-14-33-18)23-25(28-20-13-7-6-12-19(20)27-23)31(24)15-17-9-4-3-5-10-17/h3-7,9-10,12-13,18H,2,8,11,14-16H2,1H3/t18-/m0/s1. The van der Waals surface area contributed by atoms with Crippen LogP contribution in [-0.2, 0) is 24.2 Å². The lowest BCUT2D eigenvalue weighted by Crippen LogP contribution is -2.30. The van der Waals surface area contributed by atoms with Gasteiger partial charge in [-0.05, 0) is 30.5 Å². The minimum atomic E-state index is -0.0613. The Morgan fingerprint density at radius 1 is 0.939 bits per heavy atom. The molecule has 0 spiro atoms. The van der Waals surface area contributed by atoms with Crippen LogP contribution >= 0.6 is 0 Å². The molecule has 5 aromatic rings. The van der Waals surface area contributed by atoms with E-state index in [9.17, 15) is 4.79 Å². The molecule has 1 aliphatic rings. The third-order valence-electron chi connectivity index (χ3n) is 6.44. The molecule has 4 heterocycles. The average molecular weight is 440 g/mol. The van der Waals surface area contributed by atoms with Crippen LogP contribution in [-0.4, -0.2) is 36.8 Å². The van der Waals surface area contributed by atoms with Crippen molar-refractivity contribution in [2.24, 2.45) is 0 Å². The van der Waals surface area contributed by atoms with Gasteiger partial charge in [-0.3, -0.25) is 9.36 Å². The van der Waals surface area contributed by atoms with Gasteiger partial charge in [-0.1, -0.05) is 49.4 Å². The summed E-state index contributed by atoms with van der Waals surface area (Å²) in [6.07, 6.45) is 2.71. The van der Waals surface area contributed by atoms with Crippen molar-refractivity contribution in [3.05, 3.63) is 76.3 Å². The van der Waals surface area contributed by atoms with Crippen LogP contribution in [0.5, 0.6) is 0 Å². The van der Waals surface area contributed by atoms with Crippen molar-refractivity contribution >= 4 is 33.2 Å². The van der Waals surface area contributed by atoms with Crippen molar-refractivity contribution in [1.29, 1.82) is 0 Å². The van der Waals surface area contributed by atoms with Crippen LogP contribution in [0, 0.1) is 0 Å². The molecule has 0 N–H and O–H groups in total. The molecule has 0 bridgehead atoms. The number of nitrogens with zero attached hydrogens (tertiary/aromatic N) is 5. The number of ether oxygens (including phenoxy) is 1. The van der Waals surface area contributed by atoms with E-state index in [2.05, 4.69) is 12.1 Å². The number of rotatable bonds is 5. The summed E-state index contributed by atoms with van der Waals surface area (Å²) in [7, 11) is 0. The number of aromatic nitrogens is 5. The molecule has 0 aliphatic carbocycles. The number of aryl methyl sites for hydroxylation is 1. The molecule has 1 atom stereocenters. The van der Waals surface area contributed by atoms with Gasteiger partial charge in [0.1, 0.15) is 16.7 Å². The fourth-order valence-corrected chi connectivity index (χ4v) is 4.80. The highest BCUT2D eigenvalue weighted by atomic mass is 16.5. The third kappa shape index (κ3) is 3.40. The molecule has 3 aromatic heterocycles. The molecule has 7 nitrogen and oxygen atoms in total. The minimum Gasteiger partial charge on any atom is -0.376 e. The average Bonchev–Trinajstić information content (AvgIpc) is 3.46. The van der Waals surface area contributed by atoms with Gasteiger partial charge in [-0.25, -0.2) is 15.0 Å². The maximum Gasteiger partial charge on any atom is 0.265 e. The van der Waals surface area contributed by atoms with Gasteiger partial charge in [0.15, 0.2) is 11.3 Å². The first-order valence-electron chi connectivity index (χ1n) is 11.6. The first kappa shape index (κ1) is 20.1. The molecule has 7 heteroatoms. The fraction of sp³-hybridized carbons (Fsp3) is 0.308. The van der Waals surface area contributed by atoms with Gasteiger partial charge in [0.25, 0.3) is 5.56 Å². The summed E-state index contributed by atoms with van der Waals surface area (Å²) >= 11 is 0. The lowest BCUT2D eigenvalue weighted by atomic mass is 10.2. The Morgan fingerprint density at radius 3 is 2.42 bits per heavy atom. The van der Waals surface area contributed by atoms with Crippen molar-refractivity contribution in [1.82, 2.24) is 24.1 Å². The van der Waals surface area contributed by atoms with Crippen LogP contribution in [0.2, 0.25) is 0 Å². The number of para-hydroxylation sites is 2. The Morgan fingerprint density at radius 2 is 1.70 bits per heavy atom. The van der Waals surface area contributed by atoms with E-state index in [4.69, 9.17) is 19.7 Å². The van der Waals surface area contributed by atoms with E-state index in [0.717, 1.165) is 41.9 Å². The minimum absolute atomic E-state index is 0.0526. The maximum absolute atomic E-state index is 13.9. The smallest absolute Gasteiger partial charge is 0.265 e. The SMILES string of the molecule is CCc1nc2c(c(=O)n1C[C@@H]1CCCO1)c1nc3ccccc3nc1n2Cc1ccccc1. The van der Waals surface area contributed by atoms with Crippen LogP contribution in [0.3, 0.4) is 0 Å². The van der Waals surface area contributed by atoms with E-state index in [1.807, 2.05) is 54.0 Å². The summed E-state index contributed by atoms with van der Waals surface area (Å²) in [5.41, 5.74) is 4.58. The van der Waals surface area contributed by atoms with Crippen molar-refractivity contribution < 1.29 is 4.74 Å². The molecule has 166 valence electrons. The second-order valence-electron chi connectivity index (χ2n) is 8.59. The summed E-state index contributed by atoms with van der Waals surface area (Å²) < 4.78 is 9.66. The highest BCUT2D eigenvalue weighted by molar-refractivity contribution is 6.04. The molecule has 2 aromatic carbocycles. The molecule has 0 amide bonds. The normalized spacial score (nSPS) is 16.3. The predicted octanol–water partition coefficient (Wildman–Crippen LogP) is 4.08. The molecule has 0 radical (unpaired) electrons. The van der Waals surface area contributed by atoms with E-state index in [1.165, 1.54) is 0 Å². The van der Waals surface area contributed by atoms with E-state index in [1.54, 1.807) is 4.57 Å². The van der Waals surface area contributed by atoms with Gasteiger partial charge in [0, 0.05) is 13.0 Å². The molecule has 6 rings (SSSR count). The van der Waals surface area contributed by atoms with Gasteiger partial charge in [0.2, 0.25) is 0 Å². The lowest BCUT2D eigenvalue weighted by Gasteiger charge is -2.16. The van der Waals surface area contributed by atoms with Gasteiger partial charge in [-0.2, -0.15) is 0 Å². The summed E-state index contributed by atoms with van der Waals surface area (Å²) in [6.45, 7) is 3.88. The molecular weight excluding hydrogens is 414 g/mol. The molecule has 1 fully saturated rings. The molecule has 1 saturated heterocycles. The van der Waals surface area contributed by atoms with Crippen molar-refractivity contribution in [3.63, 3.8) is 0 Å². The Balaban J connectivity index is 1.66. The third-order valence-corrected chi connectivity index (χ3v) is 6.44. The van der Waals surface area contributed by atoms with Gasteiger partial charge in [0.05, 0.1) is 30.2 Å². The highest BCUT2D eigenvalue weighted by Crippen LogP contribution is 2.27. The Labute approximate surface area is 190 Å². The zero-order valence-corrected chi connectivity index (χ0v) is 18.6. The number of fused-ring (bicyclic) bond motifs is 4. The summed E-state index contributed by atoms with van der Waals surface area (Å²) in [5, 5.41) is 0.536. The van der Waals surface area contributed by atoms with E-state index < -0.39 is 0 Å². The maximum atomic E-state index is 13.9. The Kier molecular flexibility index (Phi) is 4.91. The van der Waals surface area contributed by atoms with E-state index >= 15 is 0 Å². The van der Waals surface area contributed by atoms with Gasteiger partial charge in [-0.15, -0.1) is 0 Å². The summed E-state index contributed by atoms with van der Waals surface area (Å²) in [6, 6.07) is 18.0. The van der Waals surface area contributed by atoms with Crippen molar-refractivity contribution in [3.8, 4) is 0 Å². The summed E-state index contributed by atoms with van der Waals surface area (Å²) in [5.74, 6) is 0.768. The van der Waals surface area contributed by atoms with E-state index in [-0.39, 0.29) is 11.7 Å². The van der Waals surface area contributed by atoms with Crippen LogP contribution in [0.4, 0.5) is 0 Å². The number of benzene rings is 2. The monoisotopic (exact) mass is 439 g/mol. The molecule has 33 heavy (non-hydrogen) atoms. The van der Waals surface area contributed by atoms with Crippen LogP contribution in [0.1, 0.15) is 31.2 Å². The zero-order chi connectivity index (χ0) is 22.4. The fourth-order valence-electron chi connectivity index (χ4n) is 4.80. The second-order valence-corrected chi connectivity index (χ2v) is 8.59. The topological polar surface area (TPSA) is 74.8 Å². The molecular formula is C26H25N5O2. The zero-order valence-electron chi connectivity index (χ0n) is 18.6. The van der Waals surface area contributed by atoms with Crippen molar-refractivity contribution in [2.45, 2.75) is 45.4 Å².